The van der Waals surface area contributed by atoms with Crippen molar-refractivity contribution in [3.8, 4) is 5.75 Å². The predicted octanol–water partition coefficient (Wildman–Crippen LogP) is 4.98. The maximum atomic E-state index is 13.8. The van der Waals surface area contributed by atoms with E-state index >= 15 is 0 Å². The van der Waals surface area contributed by atoms with Crippen molar-refractivity contribution in [2.24, 2.45) is 22.3 Å². The average molecular weight is 749 g/mol. The lowest BCUT2D eigenvalue weighted by molar-refractivity contribution is -0.522. The summed E-state index contributed by atoms with van der Waals surface area (Å²) in [5.41, 5.74) is 5.74. The number of quaternary nitrogens is 1. The summed E-state index contributed by atoms with van der Waals surface area (Å²) >= 11 is 0. The molecule has 294 valence electrons. The van der Waals surface area contributed by atoms with Gasteiger partial charge in [-0.2, -0.15) is 5.10 Å². The van der Waals surface area contributed by atoms with Crippen LogP contribution in [0.1, 0.15) is 95.9 Å². The highest BCUT2D eigenvalue weighted by molar-refractivity contribution is 5.97. The van der Waals surface area contributed by atoms with E-state index in [9.17, 15) is 4.79 Å². The van der Waals surface area contributed by atoms with Crippen LogP contribution in [0.4, 0.5) is 5.69 Å². The molecule has 6 atom stereocenters. The Morgan fingerprint density at radius 3 is 2.65 bits per heavy atom. The topological polar surface area (TPSA) is 151 Å². The highest BCUT2D eigenvalue weighted by Gasteiger charge is 2.66. The molecule has 0 radical (unpaired) electrons. The number of nitrogens with one attached hydrogen (secondary N) is 3. The number of nitrogens with zero attached hydrogens (tertiary/aromatic N) is 4. The minimum absolute atomic E-state index is 0.0392. The predicted molar refractivity (Wildman–Crippen MR) is 217 cm³/mol. The molecule has 1 saturated carbocycles. The molecule has 1 spiro atoms. The molecule has 3 fully saturated rings. The number of likely N-dealkylation sites (tertiary alicyclic amines) is 1. The quantitative estimate of drug-likeness (QED) is 0.0548. The first-order valence-corrected chi connectivity index (χ1v) is 20.3. The monoisotopic (exact) mass is 749 g/mol. The molecule has 1 aromatic heterocycles. The van der Waals surface area contributed by atoms with E-state index < -0.39 is 0 Å². The number of fused-ring (bicyclic) bond motifs is 2. The molecule has 2 aliphatic carbocycles. The molecule has 4 aliphatic rings. The average Bonchev–Trinajstić information content (AvgIpc) is 4.10. The third kappa shape index (κ3) is 8.75. The number of carbonyl (C=O) groups is 1. The lowest BCUT2D eigenvalue weighted by Gasteiger charge is -2.34. The summed E-state index contributed by atoms with van der Waals surface area (Å²) in [4.78, 5) is 18.6. The van der Waals surface area contributed by atoms with Crippen LogP contribution in [-0.2, 0) is 23.4 Å². The van der Waals surface area contributed by atoms with E-state index in [1.807, 2.05) is 38.2 Å². The van der Waals surface area contributed by atoms with Gasteiger partial charge in [0.05, 0.1) is 6.67 Å². The largest absolute Gasteiger partial charge is 0.484 e. The molecule has 0 bridgehead atoms. The zero-order valence-corrected chi connectivity index (χ0v) is 33.6. The number of ether oxygens (including phenoxy) is 1. The van der Waals surface area contributed by atoms with E-state index in [1.165, 1.54) is 36.0 Å². The van der Waals surface area contributed by atoms with E-state index in [0.717, 1.165) is 62.5 Å². The number of benzene rings is 2. The summed E-state index contributed by atoms with van der Waals surface area (Å²) in [6, 6.07) is 21.5. The summed E-state index contributed by atoms with van der Waals surface area (Å²) in [6.07, 6.45) is 10.5. The van der Waals surface area contributed by atoms with Gasteiger partial charge in [-0.15, -0.1) is 0 Å². The Balaban J connectivity index is 1.02. The molecule has 7 N–H and O–H groups in total. The van der Waals surface area contributed by atoms with Crippen molar-refractivity contribution < 1.29 is 14.8 Å². The van der Waals surface area contributed by atoms with Crippen LogP contribution in [-0.4, -0.2) is 64.2 Å². The highest BCUT2D eigenvalue weighted by atomic mass is 16.5. The van der Waals surface area contributed by atoms with Gasteiger partial charge in [-0.05, 0) is 99.5 Å². The fourth-order valence-electron chi connectivity index (χ4n) is 8.74. The zero-order chi connectivity index (χ0) is 38.9. The number of pyridine rings is 1. The summed E-state index contributed by atoms with van der Waals surface area (Å²) < 4.78 is 8.89. The summed E-state index contributed by atoms with van der Waals surface area (Å²) in [6.45, 7) is 14.2. The van der Waals surface area contributed by atoms with Crippen LogP contribution in [0.15, 0.2) is 83.9 Å². The fourth-order valence-corrected chi connectivity index (χ4v) is 8.74. The minimum atomic E-state index is -0.342. The molecule has 2 aromatic carbocycles. The molecule has 11 nitrogen and oxygen atoms in total. The number of rotatable bonds is 13. The number of hydrogen-bond acceptors (Lipinski definition) is 8. The molecule has 2 saturated heterocycles. The van der Waals surface area contributed by atoms with Crippen LogP contribution < -0.4 is 32.0 Å². The number of hydrogen-bond donors (Lipinski definition) is 5. The maximum absolute atomic E-state index is 13.8. The minimum Gasteiger partial charge on any atom is -0.484 e. The molecule has 3 heterocycles. The van der Waals surface area contributed by atoms with Gasteiger partial charge in [0.2, 0.25) is 11.7 Å². The second-order valence-corrected chi connectivity index (χ2v) is 17.5. The van der Waals surface area contributed by atoms with Gasteiger partial charge in [-0.3, -0.25) is 25.6 Å². The second kappa shape index (κ2) is 16.1. The van der Waals surface area contributed by atoms with Gasteiger partial charge in [0.25, 0.3) is 0 Å². The second-order valence-electron chi connectivity index (χ2n) is 17.5. The van der Waals surface area contributed by atoms with Gasteiger partial charge in [0.1, 0.15) is 23.6 Å². The number of allylic oxidation sites excluding steroid dienone is 1. The fraction of sp³-hybridized carbons (Fsp3) is 0.523. The summed E-state index contributed by atoms with van der Waals surface area (Å²) in [5.74, 6) is 7.61. The lowest BCUT2D eigenvalue weighted by Crippen LogP contribution is -2.79. The number of aromatic nitrogens is 1. The summed E-state index contributed by atoms with van der Waals surface area (Å²) in [5, 5.41) is 21.5. The Labute approximate surface area is 326 Å². The lowest BCUT2D eigenvalue weighted by atomic mass is 9.76. The molecular weight excluding hydrogens is 687 g/mol. The molecule has 3 aromatic rings. The van der Waals surface area contributed by atoms with Gasteiger partial charge in [-0.1, -0.05) is 70.5 Å². The molecule has 1 amide bonds. The van der Waals surface area contributed by atoms with E-state index in [1.54, 1.807) is 6.08 Å². The standard InChI is InChI=1S/C44H61N9O2/c1-7-51(6)26-30-15-17-31(18-16-30)47-38(24-37(45)43(3,4)5)48-42(54)41-40(49-41)35-25-44(35)22-21-36(33-13-8-9-14-34(33)44)55-32-19-20-39(50-46)53(27-32)28-52-23-11-10-12-29(52)2/h8-9,13-20,24,27,29,35-36,40-41,45,47,49H,7,10-12,21-23,25-26,28,46H2,1-6H3,(H,48,54)/p+1. The molecule has 2 aliphatic heterocycles. The van der Waals surface area contributed by atoms with Crippen molar-refractivity contribution in [1.82, 2.24) is 25.0 Å². The van der Waals surface area contributed by atoms with Crippen molar-refractivity contribution in [2.45, 2.75) is 116 Å². The van der Waals surface area contributed by atoms with Crippen molar-refractivity contribution in [2.75, 3.05) is 20.1 Å². The number of amides is 1. The van der Waals surface area contributed by atoms with Crippen LogP contribution in [0, 0.1) is 16.7 Å². The SMILES string of the molecule is CCN(C)Cc1ccc([NH2+]C(=CC(=N)C(C)(C)C)NC(=O)C2NC2C2CC23CCC(Oc2ccc(=NN)n(CN4CCCCC4C)c2)c2ccccc23)cc1. The molecule has 7 rings (SSSR count). The third-order valence-corrected chi connectivity index (χ3v) is 12.5. The first-order valence-electron chi connectivity index (χ1n) is 20.3. The van der Waals surface area contributed by atoms with E-state index in [-0.39, 0.29) is 34.9 Å². The van der Waals surface area contributed by atoms with E-state index in [2.05, 4.69) is 106 Å². The Bertz CT molecular complexity index is 1960. The Morgan fingerprint density at radius 2 is 1.93 bits per heavy atom. The molecular formula is C44H62N9O2+. The van der Waals surface area contributed by atoms with Gasteiger partial charge >= 0.3 is 0 Å². The van der Waals surface area contributed by atoms with Crippen molar-refractivity contribution >= 4 is 17.3 Å². The number of nitrogens with two attached hydrogens (primary N) is 2. The maximum Gasteiger partial charge on any atom is 0.247 e. The van der Waals surface area contributed by atoms with Crippen molar-refractivity contribution in [1.29, 1.82) is 5.41 Å². The molecule has 55 heavy (non-hydrogen) atoms. The summed E-state index contributed by atoms with van der Waals surface area (Å²) in [7, 11) is 2.11. The first-order chi connectivity index (χ1) is 26.4. The van der Waals surface area contributed by atoms with Gasteiger partial charge in [-0.25, -0.2) is 0 Å². The van der Waals surface area contributed by atoms with Crippen LogP contribution in [0.5, 0.6) is 5.75 Å². The van der Waals surface area contributed by atoms with E-state index in [0.29, 0.717) is 23.5 Å². The number of piperidine rings is 1. The van der Waals surface area contributed by atoms with Gasteiger partial charge in [0, 0.05) is 54.0 Å². The smallest absolute Gasteiger partial charge is 0.247 e. The molecule has 6 unspecified atom stereocenters. The van der Waals surface area contributed by atoms with Crippen molar-refractivity contribution in [3.63, 3.8) is 0 Å². The van der Waals surface area contributed by atoms with Gasteiger partial charge in [0.15, 0.2) is 5.49 Å². The number of carbonyl (C=O) groups excluding carboxylic acids is 1. The zero-order valence-electron chi connectivity index (χ0n) is 33.6. The Kier molecular flexibility index (Phi) is 11.4. The van der Waals surface area contributed by atoms with Crippen molar-refractivity contribution in [3.05, 3.63) is 101 Å². The Hall–Kier alpha value is -4.29. The normalized spacial score (nSPS) is 26.9. The Morgan fingerprint density at radius 1 is 1.15 bits per heavy atom. The van der Waals surface area contributed by atoms with E-state index in [4.69, 9.17) is 16.0 Å². The highest BCUT2D eigenvalue weighted by Crippen LogP contribution is 2.65. The van der Waals surface area contributed by atoms with Crippen LogP contribution in [0.3, 0.4) is 0 Å². The van der Waals surface area contributed by atoms with Crippen LogP contribution in [0.25, 0.3) is 0 Å². The van der Waals surface area contributed by atoms with Gasteiger partial charge < -0.3 is 25.5 Å². The van der Waals surface area contributed by atoms with Crippen LogP contribution >= 0.6 is 0 Å². The molecule has 11 heteroatoms. The first kappa shape index (κ1) is 39.0. The van der Waals surface area contributed by atoms with Crippen LogP contribution in [0.2, 0.25) is 0 Å². The third-order valence-electron chi connectivity index (χ3n) is 12.5.